The SMILES string of the molecule is CC(O)C(C)Sc1ncncc1C#N. The van der Waals surface area contributed by atoms with Gasteiger partial charge in [0.1, 0.15) is 23.0 Å². The van der Waals surface area contributed by atoms with E-state index in [4.69, 9.17) is 5.26 Å². The highest BCUT2D eigenvalue weighted by atomic mass is 32.2. The molecule has 1 N–H and O–H groups in total. The summed E-state index contributed by atoms with van der Waals surface area (Å²) in [7, 11) is 0. The number of hydrogen-bond acceptors (Lipinski definition) is 5. The van der Waals surface area contributed by atoms with E-state index in [1.54, 1.807) is 6.92 Å². The van der Waals surface area contributed by atoms with Crippen molar-refractivity contribution in [2.75, 3.05) is 0 Å². The molecule has 0 amide bonds. The van der Waals surface area contributed by atoms with E-state index in [9.17, 15) is 5.11 Å². The quantitative estimate of drug-likeness (QED) is 0.598. The third-order valence-corrected chi connectivity index (χ3v) is 3.09. The van der Waals surface area contributed by atoms with Gasteiger partial charge in [-0.15, -0.1) is 0 Å². The Morgan fingerprint density at radius 2 is 2.29 bits per heavy atom. The van der Waals surface area contributed by atoms with Gasteiger partial charge in [0.15, 0.2) is 0 Å². The van der Waals surface area contributed by atoms with Gasteiger partial charge in [-0.3, -0.25) is 0 Å². The van der Waals surface area contributed by atoms with Crippen molar-refractivity contribution in [1.82, 2.24) is 9.97 Å². The maximum Gasteiger partial charge on any atom is 0.118 e. The molecule has 0 radical (unpaired) electrons. The van der Waals surface area contributed by atoms with Gasteiger partial charge in [0.25, 0.3) is 0 Å². The van der Waals surface area contributed by atoms with E-state index in [1.165, 1.54) is 24.3 Å². The molecule has 1 heterocycles. The predicted molar refractivity (Wildman–Crippen MR) is 53.7 cm³/mol. The van der Waals surface area contributed by atoms with Crippen LogP contribution in [0.4, 0.5) is 0 Å². The number of aliphatic hydroxyl groups is 1. The van der Waals surface area contributed by atoms with Crippen LogP contribution in [0.1, 0.15) is 19.4 Å². The zero-order valence-electron chi connectivity index (χ0n) is 8.01. The van der Waals surface area contributed by atoms with Gasteiger partial charge < -0.3 is 5.11 Å². The van der Waals surface area contributed by atoms with E-state index < -0.39 is 6.10 Å². The molecule has 2 atom stereocenters. The van der Waals surface area contributed by atoms with Crippen LogP contribution in [0.25, 0.3) is 0 Å². The van der Waals surface area contributed by atoms with Gasteiger partial charge >= 0.3 is 0 Å². The Bertz CT molecular complexity index is 348. The minimum absolute atomic E-state index is 0.0111. The Morgan fingerprint density at radius 3 is 2.86 bits per heavy atom. The summed E-state index contributed by atoms with van der Waals surface area (Å²) in [6, 6.07) is 2.01. The summed E-state index contributed by atoms with van der Waals surface area (Å²) in [5, 5.41) is 18.7. The predicted octanol–water partition coefficient (Wildman–Crippen LogP) is 1.21. The van der Waals surface area contributed by atoms with Crippen molar-refractivity contribution in [3.05, 3.63) is 18.1 Å². The molecule has 0 aliphatic rings. The van der Waals surface area contributed by atoms with Crippen molar-refractivity contribution in [2.45, 2.75) is 30.2 Å². The molecule has 0 aliphatic carbocycles. The Labute approximate surface area is 87.0 Å². The third-order valence-electron chi connectivity index (χ3n) is 1.77. The van der Waals surface area contributed by atoms with Crippen molar-refractivity contribution in [3.63, 3.8) is 0 Å². The molecule has 1 aromatic heterocycles. The molecule has 0 bridgehead atoms. The van der Waals surface area contributed by atoms with E-state index in [0.717, 1.165) is 0 Å². The van der Waals surface area contributed by atoms with Gasteiger partial charge in [-0.1, -0.05) is 18.7 Å². The molecule has 0 aliphatic heterocycles. The fourth-order valence-corrected chi connectivity index (χ4v) is 1.65. The molecular weight excluding hydrogens is 198 g/mol. The van der Waals surface area contributed by atoms with Crippen LogP contribution in [0.15, 0.2) is 17.6 Å². The maximum atomic E-state index is 9.30. The number of nitriles is 1. The summed E-state index contributed by atoms with van der Waals surface area (Å²) in [6.45, 7) is 3.60. The highest BCUT2D eigenvalue weighted by molar-refractivity contribution is 7.99. The largest absolute Gasteiger partial charge is 0.392 e. The highest BCUT2D eigenvalue weighted by Gasteiger charge is 2.13. The molecule has 0 saturated carbocycles. The summed E-state index contributed by atoms with van der Waals surface area (Å²) in [5.74, 6) is 0. The van der Waals surface area contributed by atoms with Crippen LogP contribution in [0.3, 0.4) is 0 Å². The van der Waals surface area contributed by atoms with Crippen LogP contribution in [-0.2, 0) is 0 Å². The van der Waals surface area contributed by atoms with Crippen LogP contribution in [-0.4, -0.2) is 26.4 Å². The summed E-state index contributed by atoms with van der Waals surface area (Å²) < 4.78 is 0. The molecule has 2 unspecified atom stereocenters. The molecule has 0 fully saturated rings. The molecule has 0 spiro atoms. The van der Waals surface area contributed by atoms with Crippen LogP contribution in [0.5, 0.6) is 0 Å². The number of rotatable bonds is 3. The minimum atomic E-state index is -0.429. The van der Waals surface area contributed by atoms with E-state index in [2.05, 4.69) is 9.97 Å². The average molecular weight is 209 g/mol. The number of aliphatic hydroxyl groups excluding tert-OH is 1. The highest BCUT2D eigenvalue weighted by Crippen LogP contribution is 2.25. The Kier molecular flexibility index (Phi) is 3.86. The molecule has 0 aromatic carbocycles. The lowest BCUT2D eigenvalue weighted by Crippen LogP contribution is -2.15. The lowest BCUT2D eigenvalue weighted by atomic mass is 10.3. The first-order valence-electron chi connectivity index (χ1n) is 4.20. The first kappa shape index (κ1) is 11.0. The number of nitrogens with zero attached hydrogens (tertiary/aromatic N) is 3. The van der Waals surface area contributed by atoms with E-state index in [1.807, 2.05) is 13.0 Å². The van der Waals surface area contributed by atoms with Crippen molar-refractivity contribution in [2.24, 2.45) is 0 Å². The van der Waals surface area contributed by atoms with Crippen molar-refractivity contribution < 1.29 is 5.11 Å². The van der Waals surface area contributed by atoms with Crippen LogP contribution in [0, 0.1) is 11.3 Å². The Balaban J connectivity index is 2.82. The standard InChI is InChI=1S/C9H11N3OS/c1-6(13)7(2)14-9-8(3-10)4-11-5-12-9/h4-7,13H,1-2H3. The number of aromatic nitrogens is 2. The third kappa shape index (κ3) is 2.69. The Hall–Kier alpha value is -1.12. The van der Waals surface area contributed by atoms with Gasteiger partial charge in [-0.05, 0) is 6.92 Å². The monoisotopic (exact) mass is 209 g/mol. The van der Waals surface area contributed by atoms with Crippen molar-refractivity contribution in [3.8, 4) is 6.07 Å². The molecule has 1 rings (SSSR count). The van der Waals surface area contributed by atoms with Gasteiger partial charge in [0.05, 0.1) is 6.10 Å². The van der Waals surface area contributed by atoms with E-state index in [-0.39, 0.29) is 5.25 Å². The first-order chi connectivity index (χ1) is 6.65. The van der Waals surface area contributed by atoms with Crippen molar-refractivity contribution in [1.29, 1.82) is 5.26 Å². The zero-order chi connectivity index (χ0) is 10.6. The maximum absolute atomic E-state index is 9.30. The van der Waals surface area contributed by atoms with Crippen LogP contribution in [0.2, 0.25) is 0 Å². The van der Waals surface area contributed by atoms with Gasteiger partial charge in [0.2, 0.25) is 0 Å². The number of thioether (sulfide) groups is 1. The van der Waals surface area contributed by atoms with Crippen molar-refractivity contribution >= 4 is 11.8 Å². The fourth-order valence-electron chi connectivity index (χ4n) is 0.764. The average Bonchev–Trinajstić information content (AvgIpc) is 2.18. The smallest absolute Gasteiger partial charge is 0.118 e. The molecule has 0 saturated heterocycles. The van der Waals surface area contributed by atoms with E-state index in [0.29, 0.717) is 10.6 Å². The summed E-state index contributed by atoms with van der Waals surface area (Å²) in [4.78, 5) is 7.75. The van der Waals surface area contributed by atoms with Gasteiger partial charge in [0, 0.05) is 11.4 Å². The fraction of sp³-hybridized carbons (Fsp3) is 0.444. The summed E-state index contributed by atoms with van der Waals surface area (Å²) in [6.07, 6.45) is 2.45. The molecular formula is C9H11N3OS. The zero-order valence-corrected chi connectivity index (χ0v) is 8.82. The molecule has 74 valence electrons. The second-order valence-corrected chi connectivity index (χ2v) is 4.28. The first-order valence-corrected chi connectivity index (χ1v) is 5.08. The normalized spacial score (nSPS) is 14.4. The number of hydrogen-bond donors (Lipinski definition) is 1. The van der Waals surface area contributed by atoms with Crippen LogP contribution >= 0.6 is 11.8 Å². The minimum Gasteiger partial charge on any atom is -0.392 e. The lowest BCUT2D eigenvalue weighted by molar-refractivity contribution is 0.196. The second kappa shape index (κ2) is 4.94. The lowest BCUT2D eigenvalue weighted by Gasteiger charge is -2.13. The van der Waals surface area contributed by atoms with Gasteiger partial charge in [-0.25, -0.2) is 9.97 Å². The second-order valence-electron chi connectivity index (χ2n) is 2.92. The molecule has 1 aromatic rings. The molecule has 14 heavy (non-hydrogen) atoms. The molecule has 4 nitrogen and oxygen atoms in total. The summed E-state index contributed by atoms with van der Waals surface area (Å²) in [5.41, 5.74) is 0.449. The Morgan fingerprint density at radius 1 is 1.57 bits per heavy atom. The van der Waals surface area contributed by atoms with Gasteiger partial charge in [-0.2, -0.15) is 5.26 Å². The summed E-state index contributed by atoms with van der Waals surface area (Å²) >= 11 is 1.38. The van der Waals surface area contributed by atoms with Crippen LogP contribution < -0.4 is 0 Å². The topological polar surface area (TPSA) is 69.8 Å². The molecule has 5 heteroatoms. The van der Waals surface area contributed by atoms with E-state index >= 15 is 0 Å².